The van der Waals surface area contributed by atoms with Crippen LogP contribution in [0.1, 0.15) is 22.9 Å². The van der Waals surface area contributed by atoms with E-state index in [1.54, 1.807) is 18.2 Å². The highest BCUT2D eigenvalue weighted by Gasteiger charge is 2.46. The maximum Gasteiger partial charge on any atom is 0.296 e. The van der Waals surface area contributed by atoms with Gasteiger partial charge in [-0.05, 0) is 48.0 Å². The first kappa shape index (κ1) is 21.9. The number of ether oxygens (including phenoxy) is 1. The van der Waals surface area contributed by atoms with Crippen molar-refractivity contribution in [2.75, 3.05) is 7.11 Å². The molecule has 1 aromatic heterocycles. The molecule has 6 nitrogen and oxygen atoms in total. The Morgan fingerprint density at radius 3 is 2.56 bits per heavy atom. The Hall–Kier alpha value is -3.29. The number of amides is 1. The van der Waals surface area contributed by atoms with E-state index < -0.39 is 29.3 Å². The number of aliphatic hydroxyl groups excluding tert-OH is 1. The summed E-state index contributed by atoms with van der Waals surface area (Å²) in [5, 5.41) is 11.5. The van der Waals surface area contributed by atoms with E-state index in [1.165, 1.54) is 42.5 Å². The summed E-state index contributed by atoms with van der Waals surface area (Å²) in [6, 6.07) is 10.7. The molecule has 1 aliphatic heterocycles. The fraction of sp³-hybridized carbons (Fsp3) is 0.130. The SMILES string of the molecule is COc1ccc(/C(O)=C2\C(=O)C(=O)N(Cc3ccco3)C2c2ccc(Cl)c(Cl)c2)cc1F. The van der Waals surface area contributed by atoms with Crippen LogP contribution in [-0.4, -0.2) is 28.8 Å². The molecule has 1 unspecified atom stereocenters. The van der Waals surface area contributed by atoms with E-state index in [-0.39, 0.29) is 33.5 Å². The number of nitrogens with zero attached hydrogens (tertiary/aromatic N) is 1. The van der Waals surface area contributed by atoms with Gasteiger partial charge in [-0.15, -0.1) is 0 Å². The lowest BCUT2D eigenvalue weighted by Gasteiger charge is -2.24. The Kier molecular flexibility index (Phi) is 5.95. The van der Waals surface area contributed by atoms with Crippen LogP contribution in [0.15, 0.2) is 64.8 Å². The first-order chi connectivity index (χ1) is 15.3. The molecule has 0 aliphatic carbocycles. The second-order valence-corrected chi connectivity index (χ2v) is 7.84. The molecule has 4 rings (SSSR count). The van der Waals surface area contributed by atoms with Crippen molar-refractivity contribution in [3.8, 4) is 5.75 Å². The molecule has 1 atom stereocenters. The van der Waals surface area contributed by atoms with E-state index in [1.807, 2.05) is 0 Å². The molecule has 1 N–H and O–H groups in total. The van der Waals surface area contributed by atoms with E-state index >= 15 is 0 Å². The summed E-state index contributed by atoms with van der Waals surface area (Å²) in [5.74, 6) is -2.60. The number of hydrogen-bond donors (Lipinski definition) is 1. The van der Waals surface area contributed by atoms with Crippen LogP contribution in [-0.2, 0) is 16.1 Å². The maximum atomic E-state index is 14.3. The normalized spacial score (nSPS) is 17.8. The summed E-state index contributed by atoms with van der Waals surface area (Å²) in [6.07, 6.45) is 1.44. The molecule has 1 aliphatic rings. The van der Waals surface area contributed by atoms with Gasteiger partial charge in [-0.1, -0.05) is 29.3 Å². The zero-order valence-corrected chi connectivity index (χ0v) is 18.2. The van der Waals surface area contributed by atoms with Crippen molar-refractivity contribution in [3.05, 3.63) is 93.1 Å². The van der Waals surface area contributed by atoms with Crippen molar-refractivity contribution in [2.45, 2.75) is 12.6 Å². The predicted molar refractivity (Wildman–Crippen MR) is 116 cm³/mol. The lowest BCUT2D eigenvalue weighted by molar-refractivity contribution is -0.140. The smallest absolute Gasteiger partial charge is 0.296 e. The molecule has 1 fully saturated rings. The molecule has 1 saturated heterocycles. The van der Waals surface area contributed by atoms with Gasteiger partial charge in [0.25, 0.3) is 11.7 Å². The summed E-state index contributed by atoms with van der Waals surface area (Å²) in [7, 11) is 1.31. The van der Waals surface area contributed by atoms with Gasteiger partial charge in [0.15, 0.2) is 11.6 Å². The third-order valence-corrected chi connectivity index (χ3v) is 5.87. The van der Waals surface area contributed by atoms with Crippen LogP contribution in [0.2, 0.25) is 10.0 Å². The molecule has 32 heavy (non-hydrogen) atoms. The van der Waals surface area contributed by atoms with Gasteiger partial charge in [0.1, 0.15) is 11.5 Å². The van der Waals surface area contributed by atoms with Crippen molar-refractivity contribution in [3.63, 3.8) is 0 Å². The number of Topliss-reactive ketones (excluding diaryl/α,β-unsaturated/α-hetero) is 1. The summed E-state index contributed by atoms with van der Waals surface area (Å²) >= 11 is 12.2. The van der Waals surface area contributed by atoms with Gasteiger partial charge in [0.2, 0.25) is 0 Å². The van der Waals surface area contributed by atoms with Gasteiger partial charge in [-0.3, -0.25) is 9.59 Å². The minimum Gasteiger partial charge on any atom is -0.507 e. The van der Waals surface area contributed by atoms with E-state index in [0.717, 1.165) is 6.07 Å². The summed E-state index contributed by atoms with van der Waals surface area (Å²) in [5.41, 5.74) is 0.259. The van der Waals surface area contributed by atoms with Crippen LogP contribution >= 0.6 is 23.2 Å². The fourth-order valence-corrected chi connectivity index (χ4v) is 3.92. The highest BCUT2D eigenvalue weighted by Crippen LogP contribution is 2.42. The number of halogens is 3. The number of furan rings is 1. The zero-order chi connectivity index (χ0) is 23.0. The largest absolute Gasteiger partial charge is 0.507 e. The standard InChI is InChI=1S/C23H16Cl2FNO5/c1-31-18-7-5-13(10-17(18)26)21(28)19-20(12-4-6-15(24)16(25)9-12)27(23(30)22(19)29)11-14-3-2-8-32-14/h2-10,20,28H,11H2,1H3/b21-19+. The van der Waals surface area contributed by atoms with E-state index in [2.05, 4.69) is 0 Å². The Morgan fingerprint density at radius 2 is 1.94 bits per heavy atom. The molecule has 0 radical (unpaired) electrons. The number of aliphatic hydroxyl groups is 1. The van der Waals surface area contributed by atoms with E-state index in [4.69, 9.17) is 32.4 Å². The Balaban J connectivity index is 1.89. The van der Waals surface area contributed by atoms with Crippen molar-refractivity contribution >= 4 is 40.7 Å². The summed E-state index contributed by atoms with van der Waals surface area (Å²) in [4.78, 5) is 27.2. The van der Waals surface area contributed by atoms with Gasteiger partial charge >= 0.3 is 0 Å². The van der Waals surface area contributed by atoms with Crippen molar-refractivity contribution in [1.82, 2.24) is 4.90 Å². The lowest BCUT2D eigenvalue weighted by atomic mass is 9.95. The Bertz CT molecular complexity index is 1240. The minimum absolute atomic E-state index is 0.0179. The molecular formula is C23H16Cl2FNO5. The van der Waals surface area contributed by atoms with E-state index in [9.17, 15) is 19.1 Å². The van der Waals surface area contributed by atoms with Gasteiger partial charge in [0, 0.05) is 5.56 Å². The molecule has 0 saturated carbocycles. The van der Waals surface area contributed by atoms with Crippen LogP contribution in [0, 0.1) is 5.82 Å². The quantitative estimate of drug-likeness (QED) is 0.305. The number of hydrogen-bond acceptors (Lipinski definition) is 5. The topological polar surface area (TPSA) is 80.0 Å². The van der Waals surface area contributed by atoms with Crippen molar-refractivity contribution in [1.29, 1.82) is 0 Å². The predicted octanol–water partition coefficient (Wildman–Crippen LogP) is 5.36. The van der Waals surface area contributed by atoms with Crippen molar-refractivity contribution in [2.24, 2.45) is 0 Å². The van der Waals surface area contributed by atoms with Crippen LogP contribution in [0.5, 0.6) is 5.75 Å². The maximum absolute atomic E-state index is 14.3. The fourth-order valence-electron chi connectivity index (χ4n) is 3.61. The Morgan fingerprint density at radius 1 is 1.16 bits per heavy atom. The van der Waals surface area contributed by atoms with Crippen LogP contribution in [0.4, 0.5) is 4.39 Å². The second kappa shape index (κ2) is 8.68. The number of methoxy groups -OCH3 is 1. The highest BCUT2D eigenvalue weighted by molar-refractivity contribution is 6.46. The number of rotatable bonds is 5. The number of carbonyl (C=O) groups is 2. The molecule has 164 valence electrons. The molecule has 2 aromatic carbocycles. The number of benzene rings is 2. The first-order valence-electron chi connectivity index (χ1n) is 9.41. The first-order valence-corrected chi connectivity index (χ1v) is 10.2. The Labute approximate surface area is 192 Å². The zero-order valence-electron chi connectivity index (χ0n) is 16.6. The second-order valence-electron chi connectivity index (χ2n) is 7.03. The third-order valence-electron chi connectivity index (χ3n) is 5.13. The number of likely N-dealkylation sites (tertiary alicyclic amines) is 1. The molecular weight excluding hydrogens is 460 g/mol. The average molecular weight is 476 g/mol. The lowest BCUT2D eigenvalue weighted by Crippen LogP contribution is -2.29. The molecule has 9 heteroatoms. The van der Waals surface area contributed by atoms with Gasteiger partial charge in [0.05, 0.1) is 41.6 Å². The van der Waals surface area contributed by atoms with E-state index in [0.29, 0.717) is 11.3 Å². The van der Waals surface area contributed by atoms with Crippen LogP contribution in [0.25, 0.3) is 5.76 Å². The molecule has 1 amide bonds. The average Bonchev–Trinajstić information content (AvgIpc) is 3.37. The summed E-state index contributed by atoms with van der Waals surface area (Å²) < 4.78 is 24.5. The molecule has 3 aromatic rings. The third kappa shape index (κ3) is 3.85. The van der Waals surface area contributed by atoms with Crippen molar-refractivity contribution < 1.29 is 28.2 Å². The van der Waals surface area contributed by atoms with Crippen LogP contribution in [0.3, 0.4) is 0 Å². The number of carbonyl (C=O) groups excluding carboxylic acids is 2. The van der Waals surface area contributed by atoms with Gasteiger partial charge in [-0.2, -0.15) is 0 Å². The molecule has 0 spiro atoms. The molecule has 2 heterocycles. The van der Waals surface area contributed by atoms with Gasteiger partial charge in [-0.25, -0.2) is 4.39 Å². The van der Waals surface area contributed by atoms with Crippen LogP contribution < -0.4 is 4.74 Å². The minimum atomic E-state index is -1.000. The number of ketones is 1. The highest BCUT2D eigenvalue weighted by atomic mass is 35.5. The van der Waals surface area contributed by atoms with Gasteiger partial charge < -0.3 is 19.2 Å². The monoisotopic (exact) mass is 475 g/mol. The summed E-state index contributed by atoms with van der Waals surface area (Å²) in [6.45, 7) is -0.0315. The molecule has 0 bridgehead atoms.